The molecule has 0 radical (unpaired) electrons. The molecule has 0 saturated carbocycles. The van der Waals surface area contributed by atoms with E-state index in [1.54, 1.807) is 0 Å². The number of thioether (sulfide) groups is 4. The van der Waals surface area contributed by atoms with Gasteiger partial charge in [0.25, 0.3) is 0 Å². The van der Waals surface area contributed by atoms with Gasteiger partial charge >= 0.3 is 67.6 Å². The standard InChI is InChI=1S/C5H8O3S.3C4H6O4S.Ca.Zn/c1-4(6)2-9-3-5(7)8;3*5-3(6)1-9-2-4(7)8;;/h2-3H2,1H3,(H,7,8);3*1-2H2,(H,5,6)(H,7,8);;/q;;;;+2;/p-2. The molecule has 0 aliphatic carbocycles. The Morgan fingerprint density at radius 2 is 0.658 bits per heavy atom. The van der Waals surface area contributed by atoms with E-state index >= 15 is 0 Å². The summed E-state index contributed by atoms with van der Waals surface area (Å²) in [6.45, 7) is 1.44. The van der Waals surface area contributed by atoms with Crippen molar-refractivity contribution in [2.45, 2.75) is 6.92 Å². The molecule has 0 atom stereocenters. The fourth-order valence-corrected chi connectivity index (χ4v) is 2.85. The predicted molar refractivity (Wildman–Crippen MR) is 134 cm³/mol. The van der Waals surface area contributed by atoms with Crippen LogP contribution in [0.4, 0.5) is 0 Å². The van der Waals surface area contributed by atoms with Crippen molar-refractivity contribution >= 4 is 132 Å². The number of hydrogen-bond acceptors (Lipinski definition) is 14. The van der Waals surface area contributed by atoms with Crippen molar-refractivity contribution in [3.05, 3.63) is 0 Å². The van der Waals surface area contributed by atoms with Gasteiger partial charge in [-0.05, 0) is 6.92 Å². The molecule has 0 aromatic rings. The van der Waals surface area contributed by atoms with Crippen LogP contribution >= 0.6 is 47.0 Å². The molecule has 0 amide bonds. The second-order valence-corrected chi connectivity index (χ2v) is 9.33. The van der Waals surface area contributed by atoms with E-state index in [1.165, 1.54) is 6.92 Å². The van der Waals surface area contributed by atoms with Crippen LogP contribution in [0.1, 0.15) is 6.92 Å². The zero-order valence-electron chi connectivity index (χ0n) is 20.0. The summed E-state index contributed by atoms with van der Waals surface area (Å²) in [6, 6.07) is 0. The molecule has 0 spiro atoms. The molecule has 0 aliphatic heterocycles. The van der Waals surface area contributed by atoms with E-state index in [9.17, 15) is 48.6 Å². The Hall–Kier alpha value is -0.757. The number of hydrogen-bond donors (Lipinski definition) is 5. The molecule has 5 N–H and O–H groups in total. The first-order chi connectivity index (χ1) is 16.5. The topological polar surface area (TPSA) is 284 Å². The molecule has 0 bridgehead atoms. The van der Waals surface area contributed by atoms with Crippen LogP contribution in [-0.4, -0.2) is 157 Å². The van der Waals surface area contributed by atoms with Gasteiger partial charge in [0, 0.05) is 31.0 Å². The monoisotopic (exact) mass is 700 g/mol. The van der Waals surface area contributed by atoms with Crippen molar-refractivity contribution in [1.29, 1.82) is 0 Å². The van der Waals surface area contributed by atoms with Crippen LogP contribution in [0.3, 0.4) is 0 Å². The molecule has 15 nitrogen and oxygen atoms in total. The van der Waals surface area contributed by atoms with Crippen molar-refractivity contribution in [2.75, 3.05) is 46.0 Å². The number of carboxylic acids is 7. The Kier molecular flexibility index (Phi) is 47.8. The molecule has 0 aromatic heterocycles. The van der Waals surface area contributed by atoms with Gasteiger partial charge in [-0.1, -0.05) is 0 Å². The zero-order chi connectivity index (χ0) is 29.1. The van der Waals surface area contributed by atoms with Crippen molar-refractivity contribution in [2.24, 2.45) is 0 Å². The Bertz CT molecular complexity index is 564. The van der Waals surface area contributed by atoms with Crippen LogP contribution in [0.5, 0.6) is 0 Å². The second kappa shape index (κ2) is 36.2. The molecular weight excluding hydrogens is 678 g/mol. The predicted octanol–water partition coefficient (Wildman–Crippen LogP) is -2.99. The van der Waals surface area contributed by atoms with Gasteiger partial charge in [0.1, 0.15) is 5.78 Å². The molecule has 0 aromatic carbocycles. The number of Topliss-reactive ketones (excluding diaryl/α,β-unsaturated/α-hetero) is 1. The summed E-state index contributed by atoms with van der Waals surface area (Å²) in [5.74, 6) is -8.19. The van der Waals surface area contributed by atoms with Crippen LogP contribution in [0.2, 0.25) is 0 Å². The zero-order valence-corrected chi connectivity index (χ0v) is 28.5. The van der Waals surface area contributed by atoms with E-state index in [4.69, 9.17) is 25.5 Å². The Balaban J connectivity index is -0.0000000883. The summed E-state index contributed by atoms with van der Waals surface area (Å²) in [5, 5.41) is 59.4. The first-order valence-corrected chi connectivity index (χ1v) is 13.4. The number of carbonyl (C=O) groups excluding carboxylic acids is 3. The Morgan fingerprint density at radius 1 is 0.474 bits per heavy atom. The molecule has 21 heteroatoms. The quantitative estimate of drug-likeness (QED) is 0.100. The third kappa shape index (κ3) is 76.5. The number of aliphatic carboxylic acids is 7. The van der Waals surface area contributed by atoms with E-state index < -0.39 is 41.8 Å². The number of carbonyl (C=O) groups is 8. The van der Waals surface area contributed by atoms with E-state index in [0.717, 1.165) is 47.0 Å². The van der Waals surface area contributed by atoms with Gasteiger partial charge in [-0.25, -0.2) is 0 Å². The Labute approximate surface area is 276 Å². The minimum Gasteiger partial charge on any atom is -0.549 e. The SMILES string of the molecule is CC(=O)CSCC(=O)O.O=C(O)CSCC(=O)O.O=C([O-])CSCC(=O)O.O=C([O-])CSCC(=O)O.[Ca+2].[Zn]. The normalized spacial score (nSPS) is 8.45. The molecule has 0 aliphatic rings. The Morgan fingerprint density at radius 3 is 0.816 bits per heavy atom. The van der Waals surface area contributed by atoms with Gasteiger partial charge in [0.05, 0.1) is 46.5 Å². The summed E-state index contributed by atoms with van der Waals surface area (Å²) in [6.07, 6.45) is 0. The molecule has 210 valence electrons. The van der Waals surface area contributed by atoms with Crippen LogP contribution in [0.15, 0.2) is 0 Å². The van der Waals surface area contributed by atoms with Gasteiger partial charge in [0.15, 0.2) is 0 Å². The first-order valence-electron chi connectivity index (χ1n) is 8.80. The van der Waals surface area contributed by atoms with E-state index in [1.807, 2.05) is 0 Å². The fourth-order valence-electron chi connectivity index (χ4n) is 0.951. The summed E-state index contributed by atoms with van der Waals surface area (Å²) in [5.41, 5.74) is 0. The third-order valence-corrected chi connectivity index (χ3v) is 5.62. The van der Waals surface area contributed by atoms with Gasteiger partial charge in [-0.2, -0.15) is 0 Å². The van der Waals surface area contributed by atoms with Crippen LogP contribution in [0, 0.1) is 0 Å². The van der Waals surface area contributed by atoms with Gasteiger partial charge in [-0.3, -0.25) is 28.8 Å². The average Bonchev–Trinajstić information content (AvgIpc) is 2.67. The third-order valence-electron chi connectivity index (χ3n) is 1.87. The van der Waals surface area contributed by atoms with E-state index in [2.05, 4.69) is 0 Å². The second-order valence-electron chi connectivity index (χ2n) is 5.39. The maximum Gasteiger partial charge on any atom is 2.00 e. The molecule has 0 saturated heterocycles. The minimum absolute atomic E-state index is 0. The maximum atomic E-state index is 10.2. The van der Waals surface area contributed by atoms with Crippen molar-refractivity contribution in [3.63, 3.8) is 0 Å². The summed E-state index contributed by atoms with van der Waals surface area (Å²) < 4.78 is 0. The van der Waals surface area contributed by atoms with Gasteiger partial charge in [-0.15, -0.1) is 47.0 Å². The number of ketones is 1. The number of rotatable bonds is 16. The first kappa shape index (κ1) is 50.1. The van der Waals surface area contributed by atoms with Gasteiger partial charge in [0.2, 0.25) is 0 Å². The summed E-state index contributed by atoms with van der Waals surface area (Å²) in [7, 11) is 0. The van der Waals surface area contributed by atoms with Crippen LogP contribution in [0.25, 0.3) is 0 Å². The molecule has 0 fully saturated rings. The fraction of sp³-hybridized carbons (Fsp3) is 0.529. The molecule has 0 unspecified atom stereocenters. The molecule has 0 heterocycles. The maximum absolute atomic E-state index is 10.2. The molecule has 0 rings (SSSR count). The summed E-state index contributed by atoms with van der Waals surface area (Å²) >= 11 is 3.61. The minimum atomic E-state index is -1.23. The molecule has 38 heavy (non-hydrogen) atoms. The van der Waals surface area contributed by atoms with Crippen LogP contribution < -0.4 is 10.2 Å². The van der Waals surface area contributed by atoms with Crippen molar-refractivity contribution < 1.29 is 93.6 Å². The molecular formula is C17H24CaO15S4Zn. The van der Waals surface area contributed by atoms with Crippen molar-refractivity contribution in [3.8, 4) is 0 Å². The smallest absolute Gasteiger partial charge is 0.549 e. The summed E-state index contributed by atoms with van der Waals surface area (Å²) in [4.78, 5) is 78.4. The van der Waals surface area contributed by atoms with Crippen LogP contribution in [-0.2, 0) is 57.8 Å². The largest absolute Gasteiger partial charge is 2.00 e. The number of carboxylic acid groups (broad SMARTS) is 7. The van der Waals surface area contributed by atoms with Gasteiger partial charge < -0.3 is 45.3 Å². The van der Waals surface area contributed by atoms with E-state index in [-0.39, 0.29) is 103 Å². The van der Waals surface area contributed by atoms with Crippen molar-refractivity contribution in [1.82, 2.24) is 0 Å². The average molecular weight is 702 g/mol. The van der Waals surface area contributed by atoms with E-state index in [0.29, 0.717) is 5.75 Å².